The molecule has 0 saturated heterocycles. The number of imidazole rings is 2. The molecule has 0 aliphatic heterocycles. The van der Waals surface area contributed by atoms with E-state index in [4.69, 9.17) is 0 Å². The number of Topliss-reactive ketones (excluding diaryl/α,β-unsaturated/α-hetero) is 1. The van der Waals surface area contributed by atoms with Crippen LogP contribution < -0.4 is 10.6 Å². The van der Waals surface area contributed by atoms with Crippen LogP contribution in [0.2, 0.25) is 0 Å². The van der Waals surface area contributed by atoms with Crippen LogP contribution in [0, 0.1) is 5.92 Å². The minimum atomic E-state index is -4.21. The highest BCUT2D eigenvalue weighted by Gasteiger charge is 2.27. The first kappa shape index (κ1) is 33.8. The van der Waals surface area contributed by atoms with E-state index < -0.39 is 25.2 Å². The van der Waals surface area contributed by atoms with Gasteiger partial charge < -0.3 is 15.6 Å². The van der Waals surface area contributed by atoms with Crippen molar-refractivity contribution in [1.82, 2.24) is 19.5 Å². The van der Waals surface area contributed by atoms with Crippen LogP contribution in [-0.4, -0.2) is 50.7 Å². The zero-order valence-corrected chi connectivity index (χ0v) is 27.2. The molecule has 1 aliphatic rings. The second kappa shape index (κ2) is 14.0. The van der Waals surface area contributed by atoms with Crippen LogP contribution in [0.5, 0.6) is 0 Å². The molecule has 0 atom stereocenters. The van der Waals surface area contributed by atoms with Gasteiger partial charge in [-0.05, 0) is 67.3 Å². The van der Waals surface area contributed by atoms with Crippen molar-refractivity contribution in [2.24, 2.45) is 5.92 Å². The van der Waals surface area contributed by atoms with E-state index in [-0.39, 0.29) is 18.9 Å². The quantitative estimate of drug-likeness (QED) is 0.0972. The Kier molecular flexibility index (Phi) is 10.3. The van der Waals surface area contributed by atoms with Crippen LogP contribution >= 0.6 is 31.9 Å². The summed E-state index contributed by atoms with van der Waals surface area (Å²) in [5.74, 6) is 0.703. The monoisotopic (exact) mass is 772 g/mol. The molecule has 0 spiro atoms. The van der Waals surface area contributed by atoms with Gasteiger partial charge in [-0.15, -0.1) is 0 Å². The predicted molar refractivity (Wildman–Crippen MR) is 173 cm³/mol. The molecule has 7 nitrogen and oxygen atoms in total. The molecule has 46 heavy (non-hydrogen) atoms. The number of ketones is 1. The standard InChI is InChI=1S/C21H19BrF3N3O.C10H9BrF3N3/c22-15-10-17(26-8-7-21(23,24)25)20-18(11-15)28(12-27-20)16-5-3-14(4-6-16)19(29)9-13-1-2-13;11-6-3-7(15-2-1-10(12,13)14)9-8(4-6)16-5-17-9/h3-6,10-13,26H,1-2,7-9H2;3-5,15H,1-2H2,(H,16,17). The summed E-state index contributed by atoms with van der Waals surface area (Å²) in [5, 5.41) is 5.57. The topological polar surface area (TPSA) is 87.6 Å². The summed E-state index contributed by atoms with van der Waals surface area (Å²) in [6.45, 7) is -0.387. The van der Waals surface area contributed by atoms with E-state index in [0.29, 0.717) is 40.3 Å². The number of hydrogen-bond donors (Lipinski definition) is 3. The number of carbonyl (C=O) groups excluding carboxylic acids is 1. The van der Waals surface area contributed by atoms with Gasteiger partial charge in [0, 0.05) is 39.7 Å². The lowest BCUT2D eigenvalue weighted by Crippen LogP contribution is -2.14. The Morgan fingerprint density at radius 1 is 0.848 bits per heavy atom. The van der Waals surface area contributed by atoms with Crippen LogP contribution in [0.4, 0.5) is 37.7 Å². The van der Waals surface area contributed by atoms with Gasteiger partial charge >= 0.3 is 12.4 Å². The average Bonchev–Trinajstić information content (AvgIpc) is 3.47. The van der Waals surface area contributed by atoms with E-state index >= 15 is 0 Å². The summed E-state index contributed by atoms with van der Waals surface area (Å²) in [7, 11) is 0. The Labute approximate surface area is 276 Å². The van der Waals surface area contributed by atoms with Gasteiger partial charge in [0.1, 0.15) is 17.4 Å². The van der Waals surface area contributed by atoms with E-state index in [1.807, 2.05) is 41.0 Å². The summed E-state index contributed by atoms with van der Waals surface area (Å²) in [5.41, 5.74) is 5.39. The van der Waals surface area contributed by atoms with Gasteiger partial charge in [0.2, 0.25) is 0 Å². The number of aromatic nitrogens is 4. The smallest absolute Gasteiger partial charge is 0.383 e. The minimum absolute atomic E-state index is 0.161. The molecule has 15 heteroatoms. The van der Waals surface area contributed by atoms with Crippen molar-refractivity contribution in [2.75, 3.05) is 23.7 Å². The lowest BCUT2D eigenvalue weighted by molar-refractivity contribution is -0.132. The average molecular weight is 774 g/mol. The van der Waals surface area contributed by atoms with Crippen LogP contribution in [0.25, 0.3) is 27.8 Å². The van der Waals surface area contributed by atoms with Crippen molar-refractivity contribution in [3.8, 4) is 5.69 Å². The number of rotatable bonds is 10. The third kappa shape index (κ3) is 9.24. The zero-order chi connectivity index (χ0) is 33.1. The van der Waals surface area contributed by atoms with Crippen molar-refractivity contribution in [2.45, 2.75) is 44.5 Å². The van der Waals surface area contributed by atoms with Crippen LogP contribution in [0.3, 0.4) is 0 Å². The molecule has 2 aromatic heterocycles. The van der Waals surface area contributed by atoms with Gasteiger partial charge in [0.05, 0.1) is 41.6 Å². The van der Waals surface area contributed by atoms with Crippen LogP contribution in [0.1, 0.15) is 42.5 Å². The van der Waals surface area contributed by atoms with Crippen LogP contribution in [-0.2, 0) is 0 Å². The summed E-state index contributed by atoms with van der Waals surface area (Å²) in [6.07, 6.45) is -4.13. The Hall–Kier alpha value is -3.59. The van der Waals surface area contributed by atoms with E-state index in [1.165, 1.54) is 6.33 Å². The molecule has 0 radical (unpaired) electrons. The first-order valence-electron chi connectivity index (χ1n) is 14.3. The number of fused-ring (bicyclic) bond motifs is 2. The van der Waals surface area contributed by atoms with Gasteiger partial charge in [-0.2, -0.15) is 26.3 Å². The maximum absolute atomic E-state index is 12.4. The lowest BCUT2D eigenvalue weighted by Gasteiger charge is -2.11. The minimum Gasteiger partial charge on any atom is -0.383 e. The molecular formula is C31H28Br2F6N6O. The molecule has 1 fully saturated rings. The zero-order valence-electron chi connectivity index (χ0n) is 24.1. The fraction of sp³-hybridized carbons (Fsp3) is 0.323. The number of benzene rings is 3. The van der Waals surface area contributed by atoms with E-state index in [9.17, 15) is 31.1 Å². The molecule has 6 rings (SSSR count). The maximum Gasteiger partial charge on any atom is 0.390 e. The SMILES string of the molecule is FC(F)(F)CCNc1cc(Br)cc2[nH]cnc12.O=C(CC1CC1)c1ccc(-n2cnc3c(NCCC(F)(F)F)cc(Br)cc32)cc1. The number of carbonyl (C=O) groups is 1. The number of anilines is 2. The third-order valence-corrected chi connectivity index (χ3v) is 8.11. The summed E-state index contributed by atoms with van der Waals surface area (Å²) in [4.78, 5) is 23.6. The number of halogens is 8. The number of H-pyrrole nitrogens is 1. The predicted octanol–water partition coefficient (Wildman–Crippen LogP) is 9.82. The number of nitrogens with zero attached hydrogens (tertiary/aromatic N) is 3. The molecule has 0 amide bonds. The molecule has 3 N–H and O–H groups in total. The molecule has 0 unspecified atom stereocenters. The van der Waals surface area contributed by atoms with E-state index in [0.717, 1.165) is 38.5 Å². The highest BCUT2D eigenvalue weighted by atomic mass is 79.9. The molecule has 5 aromatic rings. The van der Waals surface area contributed by atoms with Gasteiger partial charge in [0.15, 0.2) is 5.78 Å². The molecule has 2 heterocycles. The maximum atomic E-state index is 12.4. The summed E-state index contributed by atoms with van der Waals surface area (Å²) >= 11 is 6.71. The normalized spacial score (nSPS) is 13.5. The highest BCUT2D eigenvalue weighted by Crippen LogP contribution is 2.34. The van der Waals surface area contributed by atoms with Crippen molar-refractivity contribution >= 4 is 71.1 Å². The van der Waals surface area contributed by atoms with Crippen molar-refractivity contribution in [3.63, 3.8) is 0 Å². The van der Waals surface area contributed by atoms with E-state index in [1.54, 1.807) is 18.5 Å². The highest BCUT2D eigenvalue weighted by molar-refractivity contribution is 9.10. The molecule has 1 aliphatic carbocycles. The van der Waals surface area contributed by atoms with Gasteiger partial charge in [-0.1, -0.05) is 31.9 Å². The molecule has 244 valence electrons. The molecule has 1 saturated carbocycles. The number of nitrogens with one attached hydrogen (secondary N) is 3. The Balaban J connectivity index is 0.000000209. The molecule has 3 aromatic carbocycles. The molecule has 0 bridgehead atoms. The van der Waals surface area contributed by atoms with Crippen LogP contribution in [0.15, 0.2) is 70.1 Å². The van der Waals surface area contributed by atoms with E-state index in [2.05, 4.69) is 57.4 Å². The van der Waals surface area contributed by atoms with Crippen molar-refractivity contribution < 1.29 is 31.1 Å². The largest absolute Gasteiger partial charge is 0.390 e. The Morgan fingerprint density at radius 3 is 2.02 bits per heavy atom. The second-order valence-electron chi connectivity index (χ2n) is 10.9. The fourth-order valence-corrected chi connectivity index (χ4v) is 5.66. The Bertz CT molecular complexity index is 1810. The van der Waals surface area contributed by atoms with Gasteiger partial charge in [0.25, 0.3) is 0 Å². The number of alkyl halides is 6. The summed E-state index contributed by atoms with van der Waals surface area (Å²) < 4.78 is 76.8. The fourth-order valence-electron chi connectivity index (χ4n) is 4.76. The second-order valence-corrected chi connectivity index (χ2v) is 12.7. The first-order valence-corrected chi connectivity index (χ1v) is 15.9. The summed E-state index contributed by atoms with van der Waals surface area (Å²) in [6, 6.07) is 14.5. The first-order chi connectivity index (χ1) is 21.8. The number of aromatic amines is 1. The Morgan fingerprint density at radius 2 is 1.43 bits per heavy atom. The van der Waals surface area contributed by atoms with Crippen molar-refractivity contribution in [3.05, 3.63) is 75.7 Å². The lowest BCUT2D eigenvalue weighted by atomic mass is 10.1. The van der Waals surface area contributed by atoms with Gasteiger partial charge in [-0.25, -0.2) is 9.97 Å². The number of hydrogen-bond acceptors (Lipinski definition) is 5. The molecular weight excluding hydrogens is 746 g/mol. The third-order valence-electron chi connectivity index (χ3n) is 7.19. The van der Waals surface area contributed by atoms with Crippen molar-refractivity contribution in [1.29, 1.82) is 0 Å². The van der Waals surface area contributed by atoms with Gasteiger partial charge in [-0.3, -0.25) is 9.36 Å².